The quantitative estimate of drug-likeness (QED) is 0.719. The molecule has 3 N–H and O–H groups in total. The number of rotatable bonds is 5. The largest absolute Gasteiger partial charge is 0.396 e. The van der Waals surface area contributed by atoms with Crippen molar-refractivity contribution in [3.05, 3.63) is 22.3 Å². The van der Waals surface area contributed by atoms with Gasteiger partial charge in [0.2, 0.25) is 0 Å². The van der Waals surface area contributed by atoms with Crippen molar-refractivity contribution in [1.29, 1.82) is 0 Å². The lowest BCUT2D eigenvalue weighted by Gasteiger charge is -2.17. The summed E-state index contributed by atoms with van der Waals surface area (Å²) in [4.78, 5) is 17.7. The van der Waals surface area contributed by atoms with Gasteiger partial charge in [-0.15, -0.1) is 0 Å². The lowest BCUT2D eigenvalue weighted by molar-refractivity contribution is 0.198. The molecule has 116 valence electrons. The van der Waals surface area contributed by atoms with E-state index in [-0.39, 0.29) is 18.6 Å². The van der Waals surface area contributed by atoms with E-state index in [0.29, 0.717) is 42.0 Å². The van der Waals surface area contributed by atoms with Crippen molar-refractivity contribution in [2.75, 3.05) is 38.1 Å². The number of pyridine rings is 1. The molecule has 2 rings (SSSR count). The van der Waals surface area contributed by atoms with Crippen LogP contribution in [0, 0.1) is 5.92 Å². The minimum absolute atomic E-state index is 0.108. The maximum atomic E-state index is 11.9. The summed E-state index contributed by atoms with van der Waals surface area (Å²) in [6, 6.07) is 1.50. The van der Waals surface area contributed by atoms with Gasteiger partial charge in [-0.1, -0.05) is 23.2 Å². The van der Waals surface area contributed by atoms with Gasteiger partial charge in [-0.05, 0) is 12.5 Å². The Bertz CT molecular complexity index is 501. The molecule has 1 unspecified atom stereocenters. The zero-order valence-electron chi connectivity index (χ0n) is 11.5. The molecule has 0 saturated carbocycles. The molecule has 0 radical (unpaired) electrons. The van der Waals surface area contributed by atoms with Gasteiger partial charge in [0.05, 0.1) is 10.0 Å². The number of aliphatic hydroxyl groups excluding tert-OH is 1. The van der Waals surface area contributed by atoms with Crippen LogP contribution in [0.25, 0.3) is 0 Å². The molecule has 1 saturated heterocycles. The maximum absolute atomic E-state index is 11.9. The second kappa shape index (κ2) is 7.68. The highest BCUT2D eigenvalue weighted by molar-refractivity contribution is 6.35. The molecule has 2 amide bonds. The molecule has 1 aromatic heterocycles. The molecule has 1 aliphatic rings. The van der Waals surface area contributed by atoms with Gasteiger partial charge < -0.3 is 20.6 Å². The summed E-state index contributed by atoms with van der Waals surface area (Å²) in [5.41, 5.74) is 0. The van der Waals surface area contributed by atoms with Crippen molar-refractivity contribution in [2.45, 2.75) is 6.42 Å². The van der Waals surface area contributed by atoms with Crippen molar-refractivity contribution in [1.82, 2.24) is 15.2 Å². The van der Waals surface area contributed by atoms with Crippen LogP contribution in [-0.2, 0) is 0 Å². The highest BCUT2D eigenvalue weighted by Gasteiger charge is 2.25. The van der Waals surface area contributed by atoms with Crippen molar-refractivity contribution in [2.24, 2.45) is 5.92 Å². The van der Waals surface area contributed by atoms with E-state index in [1.807, 2.05) is 0 Å². The van der Waals surface area contributed by atoms with Gasteiger partial charge in [0.1, 0.15) is 5.82 Å². The second-order valence-corrected chi connectivity index (χ2v) is 5.77. The molecule has 1 aromatic rings. The van der Waals surface area contributed by atoms with E-state index in [9.17, 15) is 4.79 Å². The fourth-order valence-corrected chi connectivity index (χ4v) is 2.62. The zero-order chi connectivity index (χ0) is 15.2. The highest BCUT2D eigenvalue weighted by Crippen LogP contribution is 2.22. The molecular formula is C13H18Cl2N4O2. The molecule has 0 bridgehead atoms. The van der Waals surface area contributed by atoms with Crippen LogP contribution in [0.2, 0.25) is 10.0 Å². The summed E-state index contributed by atoms with van der Waals surface area (Å²) in [5.74, 6) is 0.739. The fraction of sp³-hybridized carbons (Fsp3) is 0.538. The number of aromatic nitrogens is 1. The molecular weight excluding hydrogens is 315 g/mol. The minimum Gasteiger partial charge on any atom is -0.396 e. The summed E-state index contributed by atoms with van der Waals surface area (Å²) in [6.07, 6.45) is 2.36. The monoisotopic (exact) mass is 332 g/mol. The summed E-state index contributed by atoms with van der Waals surface area (Å²) >= 11 is 11.7. The number of carbonyl (C=O) groups excluding carboxylic acids is 1. The number of hydrogen-bond donors (Lipinski definition) is 3. The highest BCUT2D eigenvalue weighted by atomic mass is 35.5. The van der Waals surface area contributed by atoms with Crippen LogP contribution < -0.4 is 10.6 Å². The average molecular weight is 333 g/mol. The lowest BCUT2D eigenvalue weighted by atomic mass is 10.1. The van der Waals surface area contributed by atoms with Gasteiger partial charge in [0.25, 0.3) is 0 Å². The van der Waals surface area contributed by atoms with E-state index in [4.69, 9.17) is 28.3 Å². The smallest absolute Gasteiger partial charge is 0.317 e. The molecule has 8 heteroatoms. The number of halogens is 2. The van der Waals surface area contributed by atoms with Crippen LogP contribution in [0.4, 0.5) is 10.6 Å². The first-order valence-electron chi connectivity index (χ1n) is 6.78. The van der Waals surface area contributed by atoms with Crippen LogP contribution in [0.1, 0.15) is 6.42 Å². The van der Waals surface area contributed by atoms with Crippen LogP contribution in [0.5, 0.6) is 0 Å². The predicted octanol–water partition coefficient (Wildman–Crippen LogP) is 1.82. The topological polar surface area (TPSA) is 77.5 Å². The van der Waals surface area contributed by atoms with Crippen molar-refractivity contribution in [3.8, 4) is 0 Å². The molecule has 21 heavy (non-hydrogen) atoms. The van der Waals surface area contributed by atoms with Crippen LogP contribution in [0.3, 0.4) is 0 Å². The molecule has 1 fully saturated rings. The number of anilines is 1. The standard InChI is InChI=1S/C13H18Cl2N4O2/c14-10-5-11(15)12(18-6-10)16-2-3-17-13(21)19-4-1-9(7-19)8-20/h5-6,9,20H,1-4,7-8H2,(H,16,18)(H,17,21). The third-order valence-electron chi connectivity index (χ3n) is 3.33. The van der Waals surface area contributed by atoms with Gasteiger partial charge in [0.15, 0.2) is 0 Å². The van der Waals surface area contributed by atoms with Gasteiger partial charge in [-0.25, -0.2) is 9.78 Å². The van der Waals surface area contributed by atoms with Gasteiger partial charge in [-0.3, -0.25) is 0 Å². The van der Waals surface area contributed by atoms with Crippen molar-refractivity contribution >= 4 is 35.1 Å². The second-order valence-electron chi connectivity index (χ2n) is 4.93. The minimum atomic E-state index is -0.108. The summed E-state index contributed by atoms with van der Waals surface area (Å²) in [7, 11) is 0. The SMILES string of the molecule is O=C(NCCNc1ncc(Cl)cc1Cl)N1CCC(CO)C1. The number of amides is 2. The molecule has 0 aliphatic carbocycles. The van der Waals surface area contributed by atoms with E-state index in [2.05, 4.69) is 15.6 Å². The van der Waals surface area contributed by atoms with Gasteiger partial charge >= 0.3 is 6.03 Å². The predicted molar refractivity (Wildman–Crippen MR) is 82.9 cm³/mol. The van der Waals surface area contributed by atoms with E-state index in [0.717, 1.165) is 6.42 Å². The molecule has 1 atom stereocenters. The first-order valence-corrected chi connectivity index (χ1v) is 7.54. The molecule has 0 spiro atoms. The molecule has 2 heterocycles. The first-order chi connectivity index (χ1) is 10.1. The number of likely N-dealkylation sites (tertiary alicyclic amines) is 1. The zero-order valence-corrected chi connectivity index (χ0v) is 13.0. The Kier molecular flexibility index (Phi) is 5.90. The number of aliphatic hydroxyl groups is 1. The fourth-order valence-electron chi connectivity index (χ4n) is 2.17. The third kappa shape index (κ3) is 4.62. The van der Waals surface area contributed by atoms with Crippen molar-refractivity contribution < 1.29 is 9.90 Å². The number of nitrogens with zero attached hydrogens (tertiary/aromatic N) is 2. The lowest BCUT2D eigenvalue weighted by Crippen LogP contribution is -2.40. The van der Waals surface area contributed by atoms with E-state index < -0.39 is 0 Å². The Morgan fingerprint density at radius 2 is 2.29 bits per heavy atom. The summed E-state index contributed by atoms with van der Waals surface area (Å²) in [6.45, 7) is 2.40. The maximum Gasteiger partial charge on any atom is 0.317 e. The third-order valence-corrected chi connectivity index (χ3v) is 3.83. The molecule has 1 aliphatic heterocycles. The summed E-state index contributed by atoms with van der Waals surface area (Å²) in [5, 5.41) is 15.8. The van der Waals surface area contributed by atoms with Gasteiger partial charge in [0, 0.05) is 44.9 Å². The van der Waals surface area contributed by atoms with Crippen LogP contribution in [0.15, 0.2) is 12.3 Å². The Balaban J connectivity index is 1.69. The Morgan fingerprint density at radius 1 is 1.48 bits per heavy atom. The number of nitrogens with one attached hydrogen (secondary N) is 2. The van der Waals surface area contributed by atoms with E-state index >= 15 is 0 Å². The van der Waals surface area contributed by atoms with Gasteiger partial charge in [-0.2, -0.15) is 0 Å². The van der Waals surface area contributed by atoms with Crippen LogP contribution >= 0.6 is 23.2 Å². The first kappa shape index (κ1) is 16.1. The number of hydrogen-bond acceptors (Lipinski definition) is 4. The molecule has 0 aromatic carbocycles. The Morgan fingerprint density at radius 3 is 2.95 bits per heavy atom. The normalized spacial score (nSPS) is 17.9. The molecule has 6 nitrogen and oxygen atoms in total. The number of urea groups is 1. The van der Waals surface area contributed by atoms with Crippen molar-refractivity contribution in [3.63, 3.8) is 0 Å². The van der Waals surface area contributed by atoms with Crippen LogP contribution in [-0.4, -0.2) is 53.8 Å². The Hall–Kier alpha value is -1.24. The Labute approximate surface area is 133 Å². The number of carbonyl (C=O) groups is 1. The summed E-state index contributed by atoms with van der Waals surface area (Å²) < 4.78 is 0. The average Bonchev–Trinajstić information content (AvgIpc) is 2.94. The van der Waals surface area contributed by atoms with E-state index in [1.165, 1.54) is 6.20 Å². The van der Waals surface area contributed by atoms with E-state index in [1.54, 1.807) is 11.0 Å².